The minimum absolute atomic E-state index is 0.235. The highest BCUT2D eigenvalue weighted by Crippen LogP contribution is 2.05. The lowest BCUT2D eigenvalue weighted by Gasteiger charge is -1.97. The Morgan fingerprint density at radius 2 is 2.08 bits per heavy atom. The summed E-state index contributed by atoms with van der Waals surface area (Å²) in [6, 6.07) is 6.51. The van der Waals surface area contributed by atoms with Gasteiger partial charge in [-0.05, 0) is 19.1 Å². The first-order chi connectivity index (χ1) is 6.09. The molecule has 0 bridgehead atoms. The summed E-state index contributed by atoms with van der Waals surface area (Å²) in [5, 5.41) is 0. The Morgan fingerprint density at radius 3 is 2.62 bits per heavy atom. The topological polar surface area (TPSA) is 60.4 Å². The van der Waals surface area contributed by atoms with Gasteiger partial charge in [0.25, 0.3) is 0 Å². The lowest BCUT2D eigenvalue weighted by molar-refractivity contribution is 0.0754. The molecule has 0 aromatic heterocycles. The van der Waals surface area contributed by atoms with E-state index < -0.39 is 17.0 Å². The van der Waals surface area contributed by atoms with Gasteiger partial charge in [-0.1, -0.05) is 17.7 Å². The van der Waals surface area contributed by atoms with E-state index in [2.05, 4.69) is 4.18 Å². The molecule has 4 nitrogen and oxygen atoms in total. The lowest BCUT2D eigenvalue weighted by Crippen LogP contribution is -2.03. The number of rotatable bonds is 2. The number of benzene rings is 1. The van der Waals surface area contributed by atoms with Crippen molar-refractivity contribution in [3.8, 4) is 0 Å². The van der Waals surface area contributed by atoms with Crippen molar-refractivity contribution < 1.29 is 17.4 Å². The van der Waals surface area contributed by atoms with Gasteiger partial charge in [-0.3, -0.25) is 0 Å². The Labute approximate surface area is 77.3 Å². The van der Waals surface area contributed by atoms with Gasteiger partial charge in [-0.2, -0.15) is 8.42 Å². The quantitative estimate of drug-likeness (QED) is 0.713. The van der Waals surface area contributed by atoms with E-state index in [0.717, 1.165) is 5.56 Å². The molecule has 0 N–H and O–H groups in total. The van der Waals surface area contributed by atoms with Gasteiger partial charge in [0.15, 0.2) is 0 Å². The maximum atomic E-state index is 11.0. The molecule has 0 aliphatic rings. The van der Waals surface area contributed by atoms with Gasteiger partial charge in [0.1, 0.15) is 0 Å². The second-order valence-electron chi connectivity index (χ2n) is 2.47. The fraction of sp³-hybridized carbons (Fsp3) is 0.125. The Bertz CT molecular complexity index is 387. The van der Waals surface area contributed by atoms with Crippen molar-refractivity contribution in [1.29, 1.82) is 0 Å². The number of hydrogen-bond donors (Lipinski definition) is 1. The number of carbonyl (C=O) groups is 1. The van der Waals surface area contributed by atoms with E-state index in [0.29, 0.717) is 0 Å². The summed E-state index contributed by atoms with van der Waals surface area (Å²) < 4.78 is 24.1. The van der Waals surface area contributed by atoms with E-state index in [1.165, 1.54) is 6.07 Å². The molecule has 0 unspecified atom stereocenters. The molecule has 0 radical (unpaired) electrons. The molecule has 5 heteroatoms. The molecular formula is C8H8O4S. The standard InChI is InChI=1S/C8H8O4S/c1-6-3-2-4-7(5-6)8(9)12-13(10)11/h2-5,13H,1H3. The molecule has 1 aromatic carbocycles. The van der Waals surface area contributed by atoms with Crippen molar-refractivity contribution in [3.63, 3.8) is 0 Å². The van der Waals surface area contributed by atoms with E-state index >= 15 is 0 Å². The van der Waals surface area contributed by atoms with Gasteiger partial charge in [0.2, 0.25) is 0 Å². The second-order valence-corrected chi connectivity index (χ2v) is 3.10. The highest BCUT2D eigenvalue weighted by atomic mass is 32.2. The predicted octanol–water partition coefficient (Wildman–Crippen LogP) is 0.678. The lowest BCUT2D eigenvalue weighted by atomic mass is 10.1. The van der Waals surface area contributed by atoms with Crippen LogP contribution in [0, 0.1) is 6.92 Å². The summed E-state index contributed by atoms with van der Waals surface area (Å²) in [5.41, 5.74) is 1.11. The van der Waals surface area contributed by atoms with Crippen molar-refractivity contribution >= 4 is 17.0 Å². The van der Waals surface area contributed by atoms with E-state index in [1.807, 2.05) is 0 Å². The van der Waals surface area contributed by atoms with Crippen molar-refractivity contribution in [3.05, 3.63) is 35.4 Å². The summed E-state index contributed by atoms with van der Waals surface area (Å²) in [7, 11) is -3.12. The largest absolute Gasteiger partial charge is 0.353 e. The summed E-state index contributed by atoms with van der Waals surface area (Å²) in [5.74, 6) is -0.847. The second kappa shape index (κ2) is 4.04. The first-order valence-corrected chi connectivity index (χ1v) is 4.62. The summed E-state index contributed by atoms with van der Waals surface area (Å²) in [4.78, 5) is 11.0. The van der Waals surface area contributed by atoms with Crippen molar-refractivity contribution in [2.75, 3.05) is 0 Å². The highest BCUT2D eigenvalue weighted by Gasteiger charge is 2.06. The molecule has 0 saturated carbocycles. The third-order valence-corrected chi connectivity index (χ3v) is 1.73. The van der Waals surface area contributed by atoms with Crippen LogP contribution >= 0.6 is 0 Å². The molecule has 1 aromatic rings. The molecule has 0 aliphatic heterocycles. The Hall–Kier alpha value is -1.36. The number of thiol groups is 1. The molecule has 13 heavy (non-hydrogen) atoms. The summed E-state index contributed by atoms with van der Waals surface area (Å²) >= 11 is 0. The molecule has 0 saturated heterocycles. The molecular weight excluding hydrogens is 192 g/mol. The molecule has 0 atom stereocenters. The smallest absolute Gasteiger partial charge is 0.343 e. The van der Waals surface area contributed by atoms with Crippen molar-refractivity contribution in [2.45, 2.75) is 6.92 Å². The molecule has 70 valence electrons. The average Bonchev–Trinajstić information content (AvgIpc) is 2.03. The van der Waals surface area contributed by atoms with E-state index in [-0.39, 0.29) is 5.56 Å². The van der Waals surface area contributed by atoms with Gasteiger partial charge in [0.05, 0.1) is 5.56 Å². The predicted molar refractivity (Wildman–Crippen MR) is 46.9 cm³/mol. The SMILES string of the molecule is Cc1cccc(C(=O)O[SH](=O)=O)c1. The third kappa shape index (κ3) is 2.87. The van der Waals surface area contributed by atoms with Crippen LogP contribution < -0.4 is 0 Å². The number of hydrogen-bond acceptors (Lipinski definition) is 4. The highest BCUT2D eigenvalue weighted by molar-refractivity contribution is 7.67. The average molecular weight is 200 g/mol. The Kier molecular flexibility index (Phi) is 3.02. The van der Waals surface area contributed by atoms with Crippen LogP contribution in [-0.2, 0) is 15.2 Å². The Balaban J connectivity index is 2.89. The maximum Gasteiger partial charge on any atom is 0.353 e. The normalized spacial score (nSPS) is 10.0. The van der Waals surface area contributed by atoms with Crippen LogP contribution in [0.5, 0.6) is 0 Å². The van der Waals surface area contributed by atoms with Crippen LogP contribution in [0.15, 0.2) is 24.3 Å². The van der Waals surface area contributed by atoms with Crippen molar-refractivity contribution in [1.82, 2.24) is 0 Å². The van der Waals surface area contributed by atoms with Crippen LogP contribution in [0.3, 0.4) is 0 Å². The van der Waals surface area contributed by atoms with Crippen LogP contribution in [0.2, 0.25) is 0 Å². The summed E-state index contributed by atoms with van der Waals surface area (Å²) in [6.45, 7) is 1.80. The van der Waals surface area contributed by atoms with Gasteiger partial charge >= 0.3 is 17.0 Å². The fourth-order valence-electron chi connectivity index (χ4n) is 0.892. The monoisotopic (exact) mass is 200 g/mol. The first-order valence-electron chi connectivity index (χ1n) is 3.53. The fourth-order valence-corrected chi connectivity index (χ4v) is 1.13. The zero-order valence-electron chi connectivity index (χ0n) is 6.89. The molecule has 1 rings (SSSR count). The minimum atomic E-state index is -3.12. The van der Waals surface area contributed by atoms with Crippen LogP contribution in [-0.4, -0.2) is 14.4 Å². The van der Waals surface area contributed by atoms with Crippen LogP contribution in [0.4, 0.5) is 0 Å². The first kappa shape index (κ1) is 9.73. The zero-order chi connectivity index (χ0) is 9.84. The van der Waals surface area contributed by atoms with Gasteiger partial charge in [0, 0.05) is 0 Å². The van der Waals surface area contributed by atoms with Crippen molar-refractivity contribution in [2.24, 2.45) is 0 Å². The third-order valence-electron chi connectivity index (χ3n) is 1.41. The van der Waals surface area contributed by atoms with Gasteiger partial charge in [-0.25, -0.2) is 4.79 Å². The van der Waals surface area contributed by atoms with E-state index in [9.17, 15) is 13.2 Å². The zero-order valence-corrected chi connectivity index (χ0v) is 7.78. The molecule has 0 aliphatic carbocycles. The minimum Gasteiger partial charge on any atom is -0.343 e. The maximum absolute atomic E-state index is 11.0. The number of aryl methyl sites for hydroxylation is 1. The molecule has 0 amide bonds. The molecule has 0 fully saturated rings. The van der Waals surface area contributed by atoms with Gasteiger partial charge < -0.3 is 4.18 Å². The van der Waals surface area contributed by atoms with E-state index in [1.54, 1.807) is 25.1 Å². The number of carbonyl (C=O) groups excluding carboxylic acids is 1. The summed E-state index contributed by atoms with van der Waals surface area (Å²) in [6.07, 6.45) is 0. The molecule has 0 spiro atoms. The van der Waals surface area contributed by atoms with Crippen LogP contribution in [0.25, 0.3) is 0 Å². The van der Waals surface area contributed by atoms with E-state index in [4.69, 9.17) is 0 Å². The Morgan fingerprint density at radius 1 is 1.38 bits per heavy atom. The molecule has 0 heterocycles. The van der Waals surface area contributed by atoms with Crippen LogP contribution in [0.1, 0.15) is 15.9 Å². The van der Waals surface area contributed by atoms with Gasteiger partial charge in [-0.15, -0.1) is 0 Å².